The third-order valence-corrected chi connectivity index (χ3v) is 4.32. The van der Waals surface area contributed by atoms with E-state index < -0.39 is 0 Å². The zero-order chi connectivity index (χ0) is 18.4. The normalized spacial score (nSPS) is 10.8. The Labute approximate surface area is 160 Å². The Morgan fingerprint density at radius 1 is 1.08 bits per heavy atom. The first kappa shape index (κ1) is 18.0. The summed E-state index contributed by atoms with van der Waals surface area (Å²) in [6.45, 7) is 0.308. The molecule has 2 aromatic carbocycles. The molecule has 1 aromatic heterocycles. The van der Waals surface area contributed by atoms with Crippen LogP contribution in [0.4, 0.5) is 0 Å². The smallest absolute Gasteiger partial charge is 0.185 e. The predicted octanol–water partition coefficient (Wildman–Crippen LogP) is 5.53. The summed E-state index contributed by atoms with van der Waals surface area (Å²) in [6, 6.07) is 18.2. The van der Waals surface area contributed by atoms with Gasteiger partial charge in [-0.15, -0.1) is 0 Å². The van der Waals surface area contributed by atoms with Crippen LogP contribution in [0.1, 0.15) is 21.9 Å². The molecule has 0 atom stereocenters. The zero-order valence-corrected chi connectivity index (χ0v) is 15.7. The molecule has 0 amide bonds. The predicted molar refractivity (Wildman–Crippen MR) is 104 cm³/mol. The summed E-state index contributed by atoms with van der Waals surface area (Å²) in [7, 11) is 1.59. The molecule has 0 unspecified atom stereocenters. The van der Waals surface area contributed by atoms with Crippen LogP contribution >= 0.6 is 15.9 Å². The number of para-hydroxylation sites is 1. The van der Waals surface area contributed by atoms with Gasteiger partial charge in [-0.05, 0) is 76.6 Å². The summed E-state index contributed by atoms with van der Waals surface area (Å²) in [4.78, 5) is 12.2. The number of methoxy groups -OCH3 is 1. The highest BCUT2D eigenvalue weighted by Crippen LogP contribution is 2.25. The van der Waals surface area contributed by atoms with Gasteiger partial charge in [0.25, 0.3) is 0 Å². The third-order valence-electron chi connectivity index (χ3n) is 3.66. The van der Waals surface area contributed by atoms with Gasteiger partial charge in [0.1, 0.15) is 29.6 Å². The number of halogens is 1. The van der Waals surface area contributed by atoms with Crippen molar-refractivity contribution in [2.75, 3.05) is 7.11 Å². The maximum Gasteiger partial charge on any atom is 0.185 e. The van der Waals surface area contributed by atoms with Crippen molar-refractivity contribution in [3.63, 3.8) is 0 Å². The first-order valence-corrected chi connectivity index (χ1v) is 8.77. The minimum atomic E-state index is -0.102. The van der Waals surface area contributed by atoms with Crippen LogP contribution in [0.3, 0.4) is 0 Å². The van der Waals surface area contributed by atoms with E-state index in [0.29, 0.717) is 29.4 Å². The van der Waals surface area contributed by atoms with Crippen LogP contribution in [0.25, 0.3) is 6.08 Å². The van der Waals surface area contributed by atoms with Crippen molar-refractivity contribution in [1.82, 2.24) is 0 Å². The fourth-order valence-corrected chi connectivity index (χ4v) is 2.68. The Morgan fingerprint density at radius 2 is 1.85 bits per heavy atom. The molecule has 0 bridgehead atoms. The number of carbonyl (C=O) groups is 1. The molecular weight excluding hydrogens is 396 g/mol. The van der Waals surface area contributed by atoms with Crippen LogP contribution in [0.5, 0.6) is 11.5 Å². The maximum atomic E-state index is 12.2. The number of hydrogen-bond acceptors (Lipinski definition) is 4. The van der Waals surface area contributed by atoms with E-state index in [1.165, 1.54) is 6.08 Å². The zero-order valence-electron chi connectivity index (χ0n) is 14.1. The van der Waals surface area contributed by atoms with Gasteiger partial charge in [-0.1, -0.05) is 12.1 Å². The van der Waals surface area contributed by atoms with Crippen molar-refractivity contribution in [1.29, 1.82) is 0 Å². The minimum absolute atomic E-state index is 0.102. The monoisotopic (exact) mass is 412 g/mol. The molecule has 0 aliphatic heterocycles. The number of hydrogen-bond donors (Lipinski definition) is 0. The van der Waals surface area contributed by atoms with Gasteiger partial charge in [-0.2, -0.15) is 0 Å². The number of furan rings is 1. The number of ketones is 1. The van der Waals surface area contributed by atoms with E-state index >= 15 is 0 Å². The molecule has 0 aliphatic carbocycles. The van der Waals surface area contributed by atoms with E-state index in [4.69, 9.17) is 13.9 Å². The van der Waals surface area contributed by atoms with Crippen LogP contribution in [-0.2, 0) is 6.61 Å². The molecule has 0 spiro atoms. The average molecular weight is 413 g/mol. The Bertz CT molecular complexity index is 910. The molecule has 0 N–H and O–H groups in total. The standard InChI is InChI=1S/C21H17BrO4/c1-24-16-8-6-15(7-9-16)20(23)13-12-17-10-11-18(26-17)14-25-21-5-3-2-4-19(21)22/h2-13H,14H2,1H3/b13-12+. The van der Waals surface area contributed by atoms with Crippen molar-refractivity contribution in [2.24, 2.45) is 0 Å². The van der Waals surface area contributed by atoms with Gasteiger partial charge in [-0.3, -0.25) is 4.79 Å². The third kappa shape index (κ3) is 4.64. The number of benzene rings is 2. The highest BCUT2D eigenvalue weighted by atomic mass is 79.9. The summed E-state index contributed by atoms with van der Waals surface area (Å²) in [5, 5.41) is 0. The maximum absolute atomic E-state index is 12.2. The van der Waals surface area contributed by atoms with Crippen LogP contribution in [0.15, 0.2) is 75.6 Å². The molecule has 5 heteroatoms. The Morgan fingerprint density at radius 3 is 2.58 bits per heavy atom. The second kappa shape index (κ2) is 8.54. The lowest BCUT2D eigenvalue weighted by atomic mass is 10.1. The van der Waals surface area contributed by atoms with Crippen molar-refractivity contribution in [3.05, 3.63) is 88.3 Å². The Kier molecular flexibility index (Phi) is 5.92. The first-order chi connectivity index (χ1) is 12.7. The molecule has 0 saturated heterocycles. The van der Waals surface area contributed by atoms with Gasteiger partial charge in [0.05, 0.1) is 11.6 Å². The molecule has 0 aliphatic rings. The van der Waals surface area contributed by atoms with E-state index in [9.17, 15) is 4.79 Å². The lowest BCUT2D eigenvalue weighted by Crippen LogP contribution is -1.94. The molecule has 132 valence electrons. The first-order valence-electron chi connectivity index (χ1n) is 7.98. The van der Waals surface area contributed by atoms with Gasteiger partial charge >= 0.3 is 0 Å². The lowest BCUT2D eigenvalue weighted by molar-refractivity contribution is 0.104. The summed E-state index contributed by atoms with van der Waals surface area (Å²) in [6.07, 6.45) is 3.13. The molecule has 0 saturated carbocycles. The SMILES string of the molecule is COc1ccc(C(=O)/C=C/c2ccc(COc3ccccc3Br)o2)cc1. The molecule has 0 fully saturated rings. The topological polar surface area (TPSA) is 48.7 Å². The van der Waals surface area contributed by atoms with Gasteiger partial charge in [-0.25, -0.2) is 0 Å². The van der Waals surface area contributed by atoms with Crippen molar-refractivity contribution >= 4 is 27.8 Å². The van der Waals surface area contributed by atoms with Crippen LogP contribution in [-0.4, -0.2) is 12.9 Å². The molecule has 26 heavy (non-hydrogen) atoms. The number of allylic oxidation sites excluding steroid dienone is 1. The van der Waals surface area contributed by atoms with Crippen LogP contribution in [0.2, 0.25) is 0 Å². The quantitative estimate of drug-likeness (QED) is 0.378. The number of rotatable bonds is 7. The lowest BCUT2D eigenvalue weighted by Gasteiger charge is -2.05. The largest absolute Gasteiger partial charge is 0.497 e. The van der Waals surface area contributed by atoms with Crippen molar-refractivity contribution < 1.29 is 18.7 Å². The summed E-state index contributed by atoms with van der Waals surface area (Å²) < 4.78 is 17.3. The molecule has 3 aromatic rings. The number of carbonyl (C=O) groups excluding carboxylic acids is 1. The second-order valence-electron chi connectivity index (χ2n) is 5.45. The highest BCUT2D eigenvalue weighted by Gasteiger charge is 2.05. The van der Waals surface area contributed by atoms with Crippen molar-refractivity contribution in [3.8, 4) is 11.5 Å². The van der Waals surface area contributed by atoms with Gasteiger partial charge in [0.15, 0.2) is 5.78 Å². The average Bonchev–Trinajstić information content (AvgIpc) is 3.13. The molecular formula is C21H17BrO4. The highest BCUT2D eigenvalue weighted by molar-refractivity contribution is 9.10. The van der Waals surface area contributed by atoms with Gasteiger partial charge in [0, 0.05) is 5.56 Å². The molecule has 1 heterocycles. The fraction of sp³-hybridized carbons (Fsp3) is 0.0952. The molecule has 4 nitrogen and oxygen atoms in total. The Hall–Kier alpha value is -2.79. The van der Waals surface area contributed by atoms with E-state index in [2.05, 4.69) is 15.9 Å². The van der Waals surface area contributed by atoms with Gasteiger partial charge in [0.2, 0.25) is 0 Å². The molecule has 0 radical (unpaired) electrons. The van der Waals surface area contributed by atoms with E-state index in [-0.39, 0.29) is 5.78 Å². The minimum Gasteiger partial charge on any atom is -0.497 e. The summed E-state index contributed by atoms with van der Waals surface area (Å²) in [5.74, 6) is 2.63. The van der Waals surface area contributed by atoms with E-state index in [0.717, 1.165) is 10.2 Å². The fourth-order valence-electron chi connectivity index (χ4n) is 2.28. The Balaban J connectivity index is 1.59. The summed E-state index contributed by atoms with van der Waals surface area (Å²) in [5.41, 5.74) is 0.589. The van der Waals surface area contributed by atoms with Crippen LogP contribution in [0, 0.1) is 0 Å². The second-order valence-corrected chi connectivity index (χ2v) is 6.30. The van der Waals surface area contributed by atoms with Crippen molar-refractivity contribution in [2.45, 2.75) is 6.61 Å². The van der Waals surface area contributed by atoms with Gasteiger partial charge < -0.3 is 13.9 Å². The number of ether oxygens (including phenoxy) is 2. The molecule has 3 rings (SSSR count). The van der Waals surface area contributed by atoms with E-state index in [1.807, 2.05) is 30.3 Å². The van der Waals surface area contributed by atoms with E-state index in [1.54, 1.807) is 43.5 Å². The summed E-state index contributed by atoms with van der Waals surface area (Å²) >= 11 is 3.43. The van der Waals surface area contributed by atoms with Crippen LogP contribution < -0.4 is 9.47 Å².